The van der Waals surface area contributed by atoms with Gasteiger partial charge in [-0.25, -0.2) is 9.78 Å². The lowest BCUT2D eigenvalue weighted by Crippen LogP contribution is -2.45. The van der Waals surface area contributed by atoms with Gasteiger partial charge in [0, 0.05) is 43.3 Å². The van der Waals surface area contributed by atoms with Crippen LogP contribution in [-0.2, 0) is 0 Å². The second-order valence-corrected chi connectivity index (χ2v) is 10.0. The van der Waals surface area contributed by atoms with Crippen molar-refractivity contribution in [1.82, 2.24) is 15.6 Å². The van der Waals surface area contributed by atoms with Gasteiger partial charge in [0.1, 0.15) is 5.82 Å². The number of nitrogens with zero attached hydrogens (tertiary/aromatic N) is 2. The highest BCUT2D eigenvalue weighted by atomic mass is 16.2. The molecule has 1 heterocycles. The number of para-hydroxylation sites is 1. The monoisotopic (exact) mass is 481 g/mol. The van der Waals surface area contributed by atoms with Gasteiger partial charge < -0.3 is 20.9 Å². The zero-order valence-electron chi connectivity index (χ0n) is 21.3. The van der Waals surface area contributed by atoms with Crippen LogP contribution in [0, 0.1) is 0 Å². The molecule has 186 valence electrons. The van der Waals surface area contributed by atoms with E-state index in [0.717, 1.165) is 53.7 Å². The first kappa shape index (κ1) is 23.9. The van der Waals surface area contributed by atoms with Crippen LogP contribution in [0.15, 0.2) is 72.8 Å². The van der Waals surface area contributed by atoms with E-state index in [1.807, 2.05) is 31.2 Å². The Hall–Kier alpha value is -3.80. The van der Waals surface area contributed by atoms with Crippen molar-refractivity contribution < 1.29 is 4.79 Å². The molecule has 1 atom stereocenters. The molecule has 4 aromatic rings. The van der Waals surface area contributed by atoms with Crippen LogP contribution in [0.4, 0.5) is 16.3 Å². The van der Waals surface area contributed by atoms with E-state index in [4.69, 9.17) is 4.98 Å². The number of hydrogen-bond donors (Lipinski definition) is 3. The number of aromatic nitrogens is 1. The Kier molecular flexibility index (Phi) is 6.94. The maximum absolute atomic E-state index is 12.8. The van der Waals surface area contributed by atoms with Crippen LogP contribution in [0.5, 0.6) is 0 Å². The van der Waals surface area contributed by atoms with Crippen LogP contribution >= 0.6 is 0 Å². The van der Waals surface area contributed by atoms with Crippen molar-refractivity contribution in [2.45, 2.75) is 50.7 Å². The van der Waals surface area contributed by atoms with Gasteiger partial charge in [0.2, 0.25) is 0 Å². The summed E-state index contributed by atoms with van der Waals surface area (Å²) in [6.45, 7) is 2.04. The molecule has 6 nitrogen and oxygen atoms in total. The molecule has 0 aliphatic heterocycles. The molecule has 0 saturated heterocycles. The van der Waals surface area contributed by atoms with E-state index in [-0.39, 0.29) is 18.1 Å². The Balaban J connectivity index is 1.16. The molecule has 1 unspecified atom stereocenters. The maximum atomic E-state index is 12.8. The summed E-state index contributed by atoms with van der Waals surface area (Å²) in [4.78, 5) is 19.8. The highest BCUT2D eigenvalue weighted by Gasteiger charge is 2.24. The topological polar surface area (TPSA) is 69.3 Å². The van der Waals surface area contributed by atoms with E-state index >= 15 is 0 Å². The number of urea groups is 1. The zero-order valence-corrected chi connectivity index (χ0v) is 21.3. The third kappa shape index (κ3) is 5.23. The molecule has 1 aromatic heterocycles. The predicted octanol–water partition coefficient (Wildman–Crippen LogP) is 6.24. The third-order valence-corrected chi connectivity index (χ3v) is 7.23. The smallest absolute Gasteiger partial charge is 0.315 e. The molecule has 36 heavy (non-hydrogen) atoms. The molecule has 1 aliphatic rings. The molecule has 2 amide bonds. The molecule has 6 heteroatoms. The summed E-state index contributed by atoms with van der Waals surface area (Å²) in [5, 5.41) is 13.5. The number of rotatable bonds is 6. The Morgan fingerprint density at radius 2 is 1.56 bits per heavy atom. The van der Waals surface area contributed by atoms with Gasteiger partial charge in [-0.2, -0.15) is 0 Å². The summed E-state index contributed by atoms with van der Waals surface area (Å²) in [6.07, 6.45) is 3.88. The average Bonchev–Trinajstić information content (AvgIpc) is 2.89. The number of hydrogen-bond acceptors (Lipinski definition) is 4. The molecule has 1 aliphatic carbocycles. The molecular formula is C30H35N5O. The van der Waals surface area contributed by atoms with E-state index in [1.165, 1.54) is 10.8 Å². The van der Waals surface area contributed by atoms with Gasteiger partial charge in [-0.1, -0.05) is 60.7 Å². The van der Waals surface area contributed by atoms with Gasteiger partial charge in [-0.3, -0.25) is 0 Å². The lowest BCUT2D eigenvalue weighted by molar-refractivity contribution is 0.229. The predicted molar refractivity (Wildman–Crippen MR) is 150 cm³/mol. The fourth-order valence-corrected chi connectivity index (χ4v) is 5.32. The van der Waals surface area contributed by atoms with Crippen molar-refractivity contribution in [1.29, 1.82) is 0 Å². The first-order valence-electron chi connectivity index (χ1n) is 12.9. The maximum Gasteiger partial charge on any atom is 0.315 e. The van der Waals surface area contributed by atoms with Crippen molar-refractivity contribution in [2.24, 2.45) is 0 Å². The largest absolute Gasteiger partial charge is 0.377 e. The summed E-state index contributed by atoms with van der Waals surface area (Å²) in [5.41, 5.74) is 3.30. The normalized spacial score (nSPS) is 18.5. The summed E-state index contributed by atoms with van der Waals surface area (Å²) in [6, 6.07) is 25.3. The van der Waals surface area contributed by atoms with Crippen LogP contribution < -0.4 is 20.9 Å². The lowest BCUT2D eigenvalue weighted by atomic mass is 9.91. The number of pyridine rings is 1. The number of anilines is 2. The third-order valence-electron chi connectivity index (χ3n) is 7.23. The summed E-state index contributed by atoms with van der Waals surface area (Å²) >= 11 is 0. The van der Waals surface area contributed by atoms with Gasteiger partial charge in [0.05, 0.1) is 11.6 Å². The van der Waals surface area contributed by atoms with Crippen molar-refractivity contribution >= 4 is 39.2 Å². The molecule has 1 fully saturated rings. The Morgan fingerprint density at radius 1 is 0.889 bits per heavy atom. The van der Waals surface area contributed by atoms with Crippen LogP contribution in [0.2, 0.25) is 0 Å². The first-order valence-corrected chi connectivity index (χ1v) is 12.9. The minimum Gasteiger partial charge on any atom is -0.377 e. The second-order valence-electron chi connectivity index (χ2n) is 10.0. The number of carbonyl (C=O) groups is 1. The Bertz CT molecular complexity index is 1350. The minimum absolute atomic E-state index is 0.0704. The first-order chi connectivity index (χ1) is 17.5. The van der Waals surface area contributed by atoms with E-state index in [0.29, 0.717) is 6.04 Å². The summed E-state index contributed by atoms with van der Waals surface area (Å²) in [5.74, 6) is 0.912. The number of fused-ring (bicyclic) bond motifs is 2. The van der Waals surface area contributed by atoms with E-state index < -0.39 is 0 Å². The number of benzene rings is 3. The number of amides is 2. The van der Waals surface area contributed by atoms with Crippen molar-refractivity contribution in [3.05, 3.63) is 78.4 Å². The Morgan fingerprint density at radius 3 is 2.33 bits per heavy atom. The zero-order chi connectivity index (χ0) is 25.1. The van der Waals surface area contributed by atoms with Gasteiger partial charge >= 0.3 is 6.03 Å². The number of carbonyl (C=O) groups excluding carboxylic acids is 1. The molecular weight excluding hydrogens is 446 g/mol. The molecule has 0 bridgehead atoms. The van der Waals surface area contributed by atoms with Crippen molar-refractivity contribution in [2.75, 3.05) is 24.3 Å². The highest BCUT2D eigenvalue weighted by molar-refractivity contribution is 5.93. The Labute approximate surface area is 213 Å². The van der Waals surface area contributed by atoms with E-state index in [2.05, 4.69) is 83.5 Å². The second kappa shape index (κ2) is 10.4. The number of nitrogens with one attached hydrogen (secondary N) is 3. The SMILES string of the molecule is CC(NC(=O)N[C@H]1CC[C@@H](Nc2cc(N(C)C)c3ccccc3n2)CC1)c1cccc2ccccc12. The van der Waals surface area contributed by atoms with E-state index in [9.17, 15) is 4.79 Å². The quantitative estimate of drug-likeness (QED) is 0.305. The summed E-state index contributed by atoms with van der Waals surface area (Å²) in [7, 11) is 4.13. The van der Waals surface area contributed by atoms with E-state index in [1.54, 1.807) is 0 Å². The minimum atomic E-state index is -0.0985. The van der Waals surface area contributed by atoms with Gasteiger partial charge in [0.25, 0.3) is 0 Å². The lowest BCUT2D eigenvalue weighted by Gasteiger charge is -2.30. The van der Waals surface area contributed by atoms with Crippen LogP contribution in [0.1, 0.15) is 44.2 Å². The summed E-state index contributed by atoms with van der Waals surface area (Å²) < 4.78 is 0. The van der Waals surface area contributed by atoms with Gasteiger partial charge in [-0.05, 0) is 55.0 Å². The molecule has 5 rings (SSSR count). The fourth-order valence-electron chi connectivity index (χ4n) is 5.32. The molecule has 3 N–H and O–H groups in total. The average molecular weight is 482 g/mol. The van der Waals surface area contributed by atoms with Crippen LogP contribution in [0.25, 0.3) is 21.7 Å². The standard InChI is InChI=1S/C30H35N5O/c1-20(24-13-8-10-21-9-4-5-11-25(21)24)31-30(36)33-23-17-15-22(16-18-23)32-29-19-28(35(2)3)26-12-6-7-14-27(26)34-29/h4-14,19-20,22-23H,15-18H2,1-3H3,(H,32,34)(H2,31,33,36)/t20?,22-,23+. The van der Waals surface area contributed by atoms with Crippen molar-refractivity contribution in [3.63, 3.8) is 0 Å². The molecule has 1 saturated carbocycles. The van der Waals surface area contributed by atoms with Crippen LogP contribution in [0.3, 0.4) is 0 Å². The van der Waals surface area contributed by atoms with Crippen LogP contribution in [-0.4, -0.2) is 37.2 Å². The van der Waals surface area contributed by atoms with Gasteiger partial charge in [0.15, 0.2) is 0 Å². The molecule has 0 spiro atoms. The fraction of sp³-hybridized carbons (Fsp3) is 0.333. The molecule has 3 aromatic carbocycles. The van der Waals surface area contributed by atoms with Crippen molar-refractivity contribution in [3.8, 4) is 0 Å². The van der Waals surface area contributed by atoms with Gasteiger partial charge in [-0.15, -0.1) is 0 Å². The highest BCUT2D eigenvalue weighted by Crippen LogP contribution is 2.29. The molecule has 0 radical (unpaired) electrons.